The second-order valence-corrected chi connectivity index (χ2v) is 6.00. The van der Waals surface area contributed by atoms with E-state index in [1.807, 2.05) is 7.05 Å². The Kier molecular flexibility index (Phi) is 3.79. The molecule has 0 unspecified atom stereocenters. The highest BCUT2D eigenvalue weighted by Crippen LogP contribution is 2.21. The van der Waals surface area contributed by atoms with Gasteiger partial charge in [0.1, 0.15) is 11.6 Å². The minimum Gasteiger partial charge on any atom is -0.383 e. The van der Waals surface area contributed by atoms with Crippen molar-refractivity contribution in [3.63, 3.8) is 0 Å². The van der Waals surface area contributed by atoms with E-state index in [4.69, 9.17) is 5.73 Å². The van der Waals surface area contributed by atoms with Crippen molar-refractivity contribution in [1.29, 1.82) is 0 Å². The van der Waals surface area contributed by atoms with Gasteiger partial charge in [-0.05, 0) is 12.5 Å². The van der Waals surface area contributed by atoms with Crippen molar-refractivity contribution >= 4 is 28.6 Å². The van der Waals surface area contributed by atoms with E-state index in [9.17, 15) is 0 Å². The molecule has 2 aromatic heterocycles. The predicted molar refractivity (Wildman–Crippen MR) is 86.9 cm³/mol. The molecular formula is C15H17N5S. The molecule has 0 aliphatic rings. The SMILES string of the molecule is Cc1cccc(CSCc2nc(N)c3cnn(C)c3n2)c1. The third-order valence-corrected chi connectivity index (χ3v) is 4.25. The van der Waals surface area contributed by atoms with E-state index in [1.54, 1.807) is 22.6 Å². The molecule has 21 heavy (non-hydrogen) atoms. The van der Waals surface area contributed by atoms with Crippen LogP contribution in [0.5, 0.6) is 0 Å². The van der Waals surface area contributed by atoms with Crippen LogP contribution in [0.4, 0.5) is 5.82 Å². The molecular weight excluding hydrogens is 282 g/mol. The fourth-order valence-electron chi connectivity index (χ4n) is 2.22. The molecule has 1 aromatic carbocycles. The first-order chi connectivity index (χ1) is 10.1. The van der Waals surface area contributed by atoms with Crippen LogP contribution in [0, 0.1) is 6.92 Å². The first kappa shape index (κ1) is 13.9. The Labute approximate surface area is 127 Å². The maximum atomic E-state index is 5.96. The van der Waals surface area contributed by atoms with E-state index in [0.717, 1.165) is 28.4 Å². The second-order valence-electron chi connectivity index (χ2n) is 5.01. The molecule has 0 saturated heterocycles. The molecule has 0 atom stereocenters. The van der Waals surface area contributed by atoms with Gasteiger partial charge in [0.15, 0.2) is 5.65 Å². The maximum Gasteiger partial charge on any atom is 0.163 e. The molecule has 0 radical (unpaired) electrons. The minimum atomic E-state index is 0.499. The van der Waals surface area contributed by atoms with Crippen LogP contribution in [0.15, 0.2) is 30.5 Å². The minimum absolute atomic E-state index is 0.499. The number of hydrogen-bond acceptors (Lipinski definition) is 5. The van der Waals surface area contributed by atoms with Crippen molar-refractivity contribution in [2.45, 2.75) is 18.4 Å². The number of rotatable bonds is 4. The molecule has 0 bridgehead atoms. The fraction of sp³-hybridized carbons (Fsp3) is 0.267. The number of fused-ring (bicyclic) bond motifs is 1. The summed E-state index contributed by atoms with van der Waals surface area (Å²) in [6.07, 6.45) is 1.70. The number of nitrogens with two attached hydrogens (primary N) is 1. The number of benzene rings is 1. The second kappa shape index (κ2) is 5.73. The fourth-order valence-corrected chi connectivity index (χ4v) is 3.05. The van der Waals surface area contributed by atoms with E-state index in [0.29, 0.717) is 5.82 Å². The standard InChI is InChI=1S/C15H17N5S/c1-10-4-3-5-11(6-10)8-21-9-13-18-14(16)12-7-17-20(2)15(12)19-13/h3-7H,8-9H2,1-2H3,(H2,16,18,19). The van der Waals surface area contributed by atoms with Gasteiger partial charge in [-0.15, -0.1) is 11.8 Å². The van der Waals surface area contributed by atoms with E-state index in [2.05, 4.69) is 46.3 Å². The zero-order chi connectivity index (χ0) is 14.8. The van der Waals surface area contributed by atoms with Crippen molar-refractivity contribution in [3.05, 3.63) is 47.4 Å². The average molecular weight is 299 g/mol. The van der Waals surface area contributed by atoms with Crippen LogP contribution in [0.1, 0.15) is 17.0 Å². The number of aromatic nitrogens is 4. The Morgan fingerprint density at radius 1 is 1.24 bits per heavy atom. The van der Waals surface area contributed by atoms with Crippen LogP contribution in [0.2, 0.25) is 0 Å². The normalized spacial score (nSPS) is 11.1. The van der Waals surface area contributed by atoms with Gasteiger partial charge in [0.25, 0.3) is 0 Å². The van der Waals surface area contributed by atoms with E-state index in [1.165, 1.54) is 11.1 Å². The van der Waals surface area contributed by atoms with Crippen LogP contribution in [-0.4, -0.2) is 19.7 Å². The van der Waals surface area contributed by atoms with Gasteiger partial charge in [0, 0.05) is 12.8 Å². The van der Waals surface area contributed by atoms with Crippen LogP contribution < -0.4 is 5.73 Å². The lowest BCUT2D eigenvalue weighted by Gasteiger charge is -2.04. The van der Waals surface area contributed by atoms with Gasteiger partial charge < -0.3 is 5.73 Å². The predicted octanol–water partition coefficient (Wildman–Crippen LogP) is 2.69. The van der Waals surface area contributed by atoms with Gasteiger partial charge in [-0.1, -0.05) is 29.8 Å². The Morgan fingerprint density at radius 3 is 2.90 bits per heavy atom. The van der Waals surface area contributed by atoms with Crippen LogP contribution >= 0.6 is 11.8 Å². The number of nitrogen functional groups attached to an aromatic ring is 1. The molecule has 2 heterocycles. The first-order valence-corrected chi connectivity index (χ1v) is 7.86. The molecule has 3 rings (SSSR count). The number of thioether (sulfide) groups is 1. The van der Waals surface area contributed by atoms with Gasteiger partial charge in [-0.25, -0.2) is 9.97 Å². The highest BCUT2D eigenvalue weighted by molar-refractivity contribution is 7.97. The van der Waals surface area contributed by atoms with E-state index < -0.39 is 0 Å². The zero-order valence-electron chi connectivity index (χ0n) is 12.1. The van der Waals surface area contributed by atoms with Gasteiger partial charge in [-0.3, -0.25) is 4.68 Å². The lowest BCUT2D eigenvalue weighted by molar-refractivity contribution is 0.782. The van der Waals surface area contributed by atoms with E-state index >= 15 is 0 Å². The van der Waals surface area contributed by atoms with Crippen molar-refractivity contribution in [1.82, 2.24) is 19.7 Å². The number of nitrogens with zero attached hydrogens (tertiary/aromatic N) is 4. The lowest BCUT2D eigenvalue weighted by Crippen LogP contribution is -2.01. The van der Waals surface area contributed by atoms with Gasteiger partial charge in [0.05, 0.1) is 17.3 Å². The Morgan fingerprint density at radius 2 is 2.10 bits per heavy atom. The Hall–Kier alpha value is -2.08. The topological polar surface area (TPSA) is 69.6 Å². The van der Waals surface area contributed by atoms with Gasteiger partial charge in [-0.2, -0.15) is 5.10 Å². The van der Waals surface area contributed by atoms with Crippen LogP contribution in [0.3, 0.4) is 0 Å². The summed E-state index contributed by atoms with van der Waals surface area (Å²) in [6.45, 7) is 2.11. The van der Waals surface area contributed by atoms with E-state index in [-0.39, 0.29) is 0 Å². The van der Waals surface area contributed by atoms with Crippen LogP contribution in [0.25, 0.3) is 11.0 Å². The zero-order valence-corrected chi connectivity index (χ0v) is 12.9. The van der Waals surface area contributed by atoms with Gasteiger partial charge in [0.2, 0.25) is 0 Å². The summed E-state index contributed by atoms with van der Waals surface area (Å²) >= 11 is 1.78. The molecule has 0 fully saturated rings. The highest BCUT2D eigenvalue weighted by Gasteiger charge is 2.09. The molecule has 6 heteroatoms. The molecule has 0 saturated carbocycles. The summed E-state index contributed by atoms with van der Waals surface area (Å²) in [6, 6.07) is 8.53. The number of hydrogen-bond donors (Lipinski definition) is 1. The Balaban J connectivity index is 1.72. The van der Waals surface area contributed by atoms with Crippen molar-refractivity contribution < 1.29 is 0 Å². The molecule has 0 spiro atoms. The molecule has 108 valence electrons. The van der Waals surface area contributed by atoms with Crippen molar-refractivity contribution in [2.75, 3.05) is 5.73 Å². The van der Waals surface area contributed by atoms with Crippen molar-refractivity contribution in [2.24, 2.45) is 7.05 Å². The molecule has 0 aliphatic heterocycles. The monoisotopic (exact) mass is 299 g/mol. The Bertz CT molecular complexity index is 781. The molecule has 3 aromatic rings. The summed E-state index contributed by atoms with van der Waals surface area (Å²) in [5, 5.41) is 4.97. The molecule has 5 nitrogen and oxygen atoms in total. The number of aryl methyl sites for hydroxylation is 2. The molecule has 0 aliphatic carbocycles. The quantitative estimate of drug-likeness (QED) is 0.802. The molecule has 2 N–H and O–H groups in total. The lowest BCUT2D eigenvalue weighted by atomic mass is 10.2. The molecule has 0 amide bonds. The smallest absolute Gasteiger partial charge is 0.163 e. The summed E-state index contributed by atoms with van der Waals surface area (Å²) in [7, 11) is 1.86. The highest BCUT2D eigenvalue weighted by atomic mass is 32.2. The van der Waals surface area contributed by atoms with Crippen LogP contribution in [-0.2, 0) is 18.6 Å². The number of anilines is 1. The summed E-state index contributed by atoms with van der Waals surface area (Å²) in [5.74, 6) is 2.92. The summed E-state index contributed by atoms with van der Waals surface area (Å²) in [4.78, 5) is 8.89. The third-order valence-electron chi connectivity index (χ3n) is 3.25. The largest absolute Gasteiger partial charge is 0.383 e. The maximum absolute atomic E-state index is 5.96. The third kappa shape index (κ3) is 3.00. The summed E-state index contributed by atoms with van der Waals surface area (Å²) < 4.78 is 1.72. The summed E-state index contributed by atoms with van der Waals surface area (Å²) in [5.41, 5.74) is 9.34. The average Bonchev–Trinajstić information content (AvgIpc) is 2.81. The van der Waals surface area contributed by atoms with Gasteiger partial charge >= 0.3 is 0 Å². The first-order valence-electron chi connectivity index (χ1n) is 6.71. The van der Waals surface area contributed by atoms with Crippen molar-refractivity contribution in [3.8, 4) is 0 Å².